The largest absolute Gasteiger partial charge is 0.355 e. The molecule has 1 fully saturated rings. The van der Waals surface area contributed by atoms with Crippen LogP contribution in [0.25, 0.3) is 0 Å². The zero-order chi connectivity index (χ0) is 9.68. The van der Waals surface area contributed by atoms with E-state index >= 15 is 0 Å². The predicted molar refractivity (Wildman–Crippen MR) is 53.6 cm³/mol. The Kier molecular flexibility index (Phi) is 4.22. The molecule has 13 heavy (non-hydrogen) atoms. The SMILES string of the molecule is CCNC(=O)[C@@H]1CCCCN1CC. The van der Waals surface area contributed by atoms with Gasteiger partial charge < -0.3 is 5.32 Å². The molecule has 1 N–H and O–H groups in total. The van der Waals surface area contributed by atoms with Gasteiger partial charge in [0.05, 0.1) is 6.04 Å². The maximum absolute atomic E-state index is 11.6. The van der Waals surface area contributed by atoms with Crippen molar-refractivity contribution in [2.45, 2.75) is 39.2 Å². The van der Waals surface area contributed by atoms with E-state index in [2.05, 4.69) is 17.1 Å². The van der Waals surface area contributed by atoms with Crippen molar-refractivity contribution in [3.63, 3.8) is 0 Å². The first-order chi connectivity index (χ1) is 6.29. The Hall–Kier alpha value is -0.570. The van der Waals surface area contributed by atoms with E-state index in [1.807, 2.05) is 6.92 Å². The van der Waals surface area contributed by atoms with Crippen LogP contribution in [0, 0.1) is 0 Å². The van der Waals surface area contributed by atoms with Crippen molar-refractivity contribution in [3.8, 4) is 0 Å². The normalized spacial score (nSPS) is 24.3. The van der Waals surface area contributed by atoms with Gasteiger partial charge in [0.1, 0.15) is 0 Å². The fourth-order valence-corrected chi connectivity index (χ4v) is 1.96. The van der Waals surface area contributed by atoms with Gasteiger partial charge in [-0.25, -0.2) is 0 Å². The lowest BCUT2D eigenvalue weighted by Gasteiger charge is -2.33. The molecule has 0 aliphatic carbocycles. The Labute approximate surface area is 80.5 Å². The molecule has 0 radical (unpaired) electrons. The standard InChI is InChI=1S/C10H20N2O/c1-3-11-10(13)9-7-5-6-8-12(9)4-2/h9H,3-8H2,1-2H3,(H,11,13)/t9-/m0/s1. The van der Waals surface area contributed by atoms with Crippen molar-refractivity contribution in [1.29, 1.82) is 0 Å². The number of hydrogen-bond acceptors (Lipinski definition) is 2. The summed E-state index contributed by atoms with van der Waals surface area (Å²) in [5.41, 5.74) is 0. The van der Waals surface area contributed by atoms with E-state index in [0.717, 1.165) is 26.1 Å². The molecular weight excluding hydrogens is 164 g/mol. The average molecular weight is 184 g/mol. The summed E-state index contributed by atoms with van der Waals surface area (Å²) in [4.78, 5) is 13.9. The summed E-state index contributed by atoms with van der Waals surface area (Å²) in [6.07, 6.45) is 3.46. The lowest BCUT2D eigenvalue weighted by molar-refractivity contribution is -0.127. The molecular formula is C10H20N2O. The average Bonchev–Trinajstić information content (AvgIpc) is 2.18. The molecule has 76 valence electrons. The van der Waals surface area contributed by atoms with E-state index in [-0.39, 0.29) is 11.9 Å². The first-order valence-electron chi connectivity index (χ1n) is 5.31. The molecule has 1 aliphatic heterocycles. The van der Waals surface area contributed by atoms with Crippen LogP contribution in [-0.4, -0.2) is 36.5 Å². The van der Waals surface area contributed by atoms with Crippen LogP contribution in [0.4, 0.5) is 0 Å². The smallest absolute Gasteiger partial charge is 0.237 e. The number of nitrogens with one attached hydrogen (secondary N) is 1. The van der Waals surface area contributed by atoms with Gasteiger partial charge in [-0.15, -0.1) is 0 Å². The van der Waals surface area contributed by atoms with E-state index in [0.29, 0.717) is 0 Å². The summed E-state index contributed by atoms with van der Waals surface area (Å²) in [6, 6.07) is 0.138. The highest BCUT2D eigenvalue weighted by atomic mass is 16.2. The summed E-state index contributed by atoms with van der Waals surface area (Å²) in [7, 11) is 0. The summed E-state index contributed by atoms with van der Waals surface area (Å²) in [6.45, 7) is 6.90. The van der Waals surface area contributed by atoms with E-state index < -0.39 is 0 Å². The number of carbonyl (C=O) groups excluding carboxylic acids is 1. The zero-order valence-electron chi connectivity index (χ0n) is 8.68. The molecule has 1 amide bonds. The first kappa shape index (κ1) is 10.5. The van der Waals surface area contributed by atoms with Crippen LogP contribution in [-0.2, 0) is 4.79 Å². The third kappa shape index (κ3) is 2.69. The monoisotopic (exact) mass is 184 g/mol. The molecule has 0 aromatic heterocycles. The second kappa shape index (κ2) is 5.22. The summed E-state index contributed by atoms with van der Waals surface area (Å²) >= 11 is 0. The molecule has 3 nitrogen and oxygen atoms in total. The van der Waals surface area contributed by atoms with E-state index in [1.165, 1.54) is 12.8 Å². The Balaban J connectivity index is 2.48. The minimum Gasteiger partial charge on any atom is -0.355 e. The van der Waals surface area contributed by atoms with Crippen LogP contribution in [0.1, 0.15) is 33.1 Å². The summed E-state index contributed by atoms with van der Waals surface area (Å²) in [5.74, 6) is 0.212. The zero-order valence-corrected chi connectivity index (χ0v) is 8.68. The number of piperidine rings is 1. The number of likely N-dealkylation sites (N-methyl/N-ethyl adjacent to an activating group) is 2. The molecule has 0 aromatic carbocycles. The number of hydrogen-bond donors (Lipinski definition) is 1. The lowest BCUT2D eigenvalue weighted by Crippen LogP contribution is -2.49. The van der Waals surface area contributed by atoms with Crippen LogP contribution in [0.5, 0.6) is 0 Å². The molecule has 1 heterocycles. The van der Waals surface area contributed by atoms with Crippen molar-refractivity contribution in [1.82, 2.24) is 10.2 Å². The first-order valence-corrected chi connectivity index (χ1v) is 5.31. The third-order valence-corrected chi connectivity index (χ3v) is 2.67. The minimum atomic E-state index is 0.138. The van der Waals surface area contributed by atoms with Crippen LogP contribution >= 0.6 is 0 Å². The highest BCUT2D eigenvalue weighted by Crippen LogP contribution is 2.16. The van der Waals surface area contributed by atoms with Crippen molar-refractivity contribution in [2.75, 3.05) is 19.6 Å². The second-order valence-electron chi connectivity index (χ2n) is 3.53. The fraction of sp³-hybridized carbons (Fsp3) is 0.900. The maximum atomic E-state index is 11.6. The predicted octanol–water partition coefficient (Wildman–Crippen LogP) is 0.997. The Morgan fingerprint density at radius 2 is 2.23 bits per heavy atom. The fourth-order valence-electron chi connectivity index (χ4n) is 1.96. The molecule has 0 unspecified atom stereocenters. The number of rotatable bonds is 3. The number of amides is 1. The molecule has 0 aromatic rings. The number of likely N-dealkylation sites (tertiary alicyclic amines) is 1. The summed E-state index contributed by atoms with van der Waals surface area (Å²) in [5, 5.41) is 2.90. The van der Waals surface area contributed by atoms with Gasteiger partial charge in [-0.1, -0.05) is 13.3 Å². The van der Waals surface area contributed by atoms with Gasteiger partial charge in [-0.2, -0.15) is 0 Å². The van der Waals surface area contributed by atoms with Gasteiger partial charge >= 0.3 is 0 Å². The molecule has 1 aliphatic rings. The van der Waals surface area contributed by atoms with Gasteiger partial charge in [0.2, 0.25) is 5.91 Å². The second-order valence-corrected chi connectivity index (χ2v) is 3.53. The highest BCUT2D eigenvalue weighted by molar-refractivity contribution is 5.81. The van der Waals surface area contributed by atoms with Crippen LogP contribution in [0.3, 0.4) is 0 Å². The van der Waals surface area contributed by atoms with Gasteiger partial charge in [0.25, 0.3) is 0 Å². The van der Waals surface area contributed by atoms with E-state index in [4.69, 9.17) is 0 Å². The molecule has 1 atom stereocenters. The van der Waals surface area contributed by atoms with E-state index in [1.54, 1.807) is 0 Å². The Morgan fingerprint density at radius 3 is 2.85 bits per heavy atom. The van der Waals surface area contributed by atoms with Crippen LogP contribution < -0.4 is 5.32 Å². The minimum absolute atomic E-state index is 0.138. The van der Waals surface area contributed by atoms with Crippen molar-refractivity contribution in [2.24, 2.45) is 0 Å². The quantitative estimate of drug-likeness (QED) is 0.709. The summed E-state index contributed by atoms with van der Waals surface area (Å²) < 4.78 is 0. The Bertz CT molecular complexity index is 170. The van der Waals surface area contributed by atoms with E-state index in [9.17, 15) is 4.79 Å². The van der Waals surface area contributed by atoms with Crippen LogP contribution in [0.15, 0.2) is 0 Å². The van der Waals surface area contributed by atoms with Gasteiger partial charge in [-0.05, 0) is 32.9 Å². The van der Waals surface area contributed by atoms with Crippen molar-refractivity contribution >= 4 is 5.91 Å². The molecule has 1 saturated heterocycles. The van der Waals surface area contributed by atoms with Crippen LogP contribution in [0.2, 0.25) is 0 Å². The molecule has 0 saturated carbocycles. The molecule has 0 bridgehead atoms. The molecule has 1 rings (SSSR count). The molecule has 0 spiro atoms. The third-order valence-electron chi connectivity index (χ3n) is 2.67. The van der Waals surface area contributed by atoms with Crippen molar-refractivity contribution < 1.29 is 4.79 Å². The Morgan fingerprint density at radius 1 is 1.46 bits per heavy atom. The number of nitrogens with zero attached hydrogens (tertiary/aromatic N) is 1. The van der Waals surface area contributed by atoms with Gasteiger partial charge in [0.15, 0.2) is 0 Å². The molecule has 3 heteroatoms. The lowest BCUT2D eigenvalue weighted by atomic mass is 10.0. The number of carbonyl (C=O) groups is 1. The van der Waals surface area contributed by atoms with Gasteiger partial charge in [0, 0.05) is 6.54 Å². The maximum Gasteiger partial charge on any atom is 0.237 e. The highest BCUT2D eigenvalue weighted by Gasteiger charge is 2.26. The topological polar surface area (TPSA) is 32.3 Å². The van der Waals surface area contributed by atoms with Crippen molar-refractivity contribution in [3.05, 3.63) is 0 Å². The van der Waals surface area contributed by atoms with Gasteiger partial charge in [-0.3, -0.25) is 9.69 Å².